The molecule has 1 aromatic rings. The second-order valence-corrected chi connectivity index (χ2v) is 4.26. The minimum atomic E-state index is 0.484. The van der Waals surface area contributed by atoms with E-state index in [0.29, 0.717) is 11.6 Å². The van der Waals surface area contributed by atoms with Crippen LogP contribution in [0.25, 0.3) is 0 Å². The number of anilines is 1. The van der Waals surface area contributed by atoms with Gasteiger partial charge in [0.25, 0.3) is 0 Å². The molecule has 0 radical (unpaired) electrons. The predicted octanol–water partition coefficient (Wildman–Crippen LogP) is 1.46. The Morgan fingerprint density at radius 1 is 1.50 bits per heavy atom. The van der Waals surface area contributed by atoms with Crippen molar-refractivity contribution in [2.75, 3.05) is 25.5 Å². The van der Waals surface area contributed by atoms with Crippen molar-refractivity contribution in [3.05, 3.63) is 23.9 Å². The van der Waals surface area contributed by atoms with Crippen LogP contribution in [0.3, 0.4) is 0 Å². The second kappa shape index (κ2) is 4.95. The zero-order chi connectivity index (χ0) is 11.4. The SMILES string of the molecule is CN1CCC(Nc2cc(C#N)ccn2)CC1. The number of aromatic nitrogens is 1. The number of hydrogen-bond acceptors (Lipinski definition) is 4. The van der Waals surface area contributed by atoms with Crippen molar-refractivity contribution < 1.29 is 0 Å². The summed E-state index contributed by atoms with van der Waals surface area (Å²) in [6.07, 6.45) is 3.94. The fourth-order valence-electron chi connectivity index (χ4n) is 1.94. The Hall–Kier alpha value is -1.60. The van der Waals surface area contributed by atoms with Crippen LogP contribution in [-0.4, -0.2) is 36.1 Å². The lowest BCUT2D eigenvalue weighted by Crippen LogP contribution is -2.36. The zero-order valence-electron chi connectivity index (χ0n) is 9.48. The maximum atomic E-state index is 8.79. The molecule has 0 bridgehead atoms. The first kappa shape index (κ1) is 10.9. The van der Waals surface area contributed by atoms with Crippen molar-refractivity contribution in [3.63, 3.8) is 0 Å². The molecule has 16 heavy (non-hydrogen) atoms. The Morgan fingerprint density at radius 2 is 2.25 bits per heavy atom. The zero-order valence-corrected chi connectivity index (χ0v) is 9.48. The molecule has 0 aliphatic carbocycles. The number of nitrogens with one attached hydrogen (secondary N) is 1. The molecule has 0 saturated carbocycles. The Bertz CT molecular complexity index is 388. The predicted molar refractivity (Wildman–Crippen MR) is 63.1 cm³/mol. The average molecular weight is 216 g/mol. The Labute approximate surface area is 95.9 Å². The third kappa shape index (κ3) is 2.71. The number of piperidine rings is 1. The van der Waals surface area contributed by atoms with Crippen molar-refractivity contribution in [1.29, 1.82) is 5.26 Å². The molecule has 1 aromatic heterocycles. The highest BCUT2D eigenvalue weighted by molar-refractivity contribution is 5.43. The van der Waals surface area contributed by atoms with Crippen molar-refractivity contribution in [2.24, 2.45) is 0 Å². The molecule has 1 aliphatic heterocycles. The maximum absolute atomic E-state index is 8.79. The maximum Gasteiger partial charge on any atom is 0.127 e. The lowest BCUT2D eigenvalue weighted by atomic mass is 10.1. The monoisotopic (exact) mass is 216 g/mol. The summed E-state index contributed by atoms with van der Waals surface area (Å²) >= 11 is 0. The summed E-state index contributed by atoms with van der Waals surface area (Å²) in [5, 5.41) is 12.2. The van der Waals surface area contributed by atoms with Gasteiger partial charge in [-0.15, -0.1) is 0 Å². The van der Waals surface area contributed by atoms with Gasteiger partial charge in [0.15, 0.2) is 0 Å². The van der Waals surface area contributed by atoms with Gasteiger partial charge in [0.2, 0.25) is 0 Å². The van der Waals surface area contributed by atoms with Gasteiger partial charge in [0, 0.05) is 12.2 Å². The van der Waals surface area contributed by atoms with Gasteiger partial charge < -0.3 is 10.2 Å². The lowest BCUT2D eigenvalue weighted by Gasteiger charge is -2.29. The van der Waals surface area contributed by atoms with Gasteiger partial charge in [-0.05, 0) is 45.1 Å². The van der Waals surface area contributed by atoms with E-state index in [1.165, 1.54) is 0 Å². The van der Waals surface area contributed by atoms with Gasteiger partial charge in [-0.25, -0.2) is 4.98 Å². The molecule has 4 nitrogen and oxygen atoms in total. The van der Waals surface area contributed by atoms with Gasteiger partial charge in [-0.2, -0.15) is 5.26 Å². The van der Waals surface area contributed by atoms with Crippen molar-refractivity contribution in [2.45, 2.75) is 18.9 Å². The quantitative estimate of drug-likeness (QED) is 0.813. The first-order valence-electron chi connectivity index (χ1n) is 5.59. The van der Waals surface area contributed by atoms with Crippen LogP contribution in [0.1, 0.15) is 18.4 Å². The topological polar surface area (TPSA) is 52.0 Å². The number of nitrogens with zero attached hydrogens (tertiary/aromatic N) is 3. The first-order chi connectivity index (χ1) is 7.78. The van der Waals surface area contributed by atoms with E-state index in [4.69, 9.17) is 5.26 Å². The van der Waals surface area contributed by atoms with Gasteiger partial charge in [-0.3, -0.25) is 0 Å². The summed E-state index contributed by atoms with van der Waals surface area (Å²) < 4.78 is 0. The number of pyridine rings is 1. The average Bonchev–Trinajstić information content (AvgIpc) is 2.32. The summed E-state index contributed by atoms with van der Waals surface area (Å²) in [5.74, 6) is 0.814. The first-order valence-corrected chi connectivity index (χ1v) is 5.59. The van der Waals surface area contributed by atoms with Crippen LogP contribution in [0, 0.1) is 11.3 Å². The smallest absolute Gasteiger partial charge is 0.127 e. The van der Waals surface area contributed by atoms with Crippen molar-refractivity contribution in [1.82, 2.24) is 9.88 Å². The number of nitriles is 1. The van der Waals surface area contributed by atoms with E-state index in [9.17, 15) is 0 Å². The molecule has 1 aliphatic rings. The largest absolute Gasteiger partial charge is 0.367 e. The summed E-state index contributed by atoms with van der Waals surface area (Å²) in [6, 6.07) is 6.13. The Morgan fingerprint density at radius 3 is 2.94 bits per heavy atom. The van der Waals surface area contributed by atoms with Crippen LogP contribution in [0.4, 0.5) is 5.82 Å². The van der Waals surface area contributed by atoms with Crippen LogP contribution in [0.15, 0.2) is 18.3 Å². The van der Waals surface area contributed by atoms with E-state index in [1.807, 2.05) is 0 Å². The molecule has 1 N–H and O–H groups in total. The molecule has 4 heteroatoms. The van der Waals surface area contributed by atoms with E-state index in [1.54, 1.807) is 18.3 Å². The highest BCUT2D eigenvalue weighted by Crippen LogP contribution is 2.14. The molecular formula is C12H16N4. The summed E-state index contributed by atoms with van der Waals surface area (Å²) in [4.78, 5) is 6.56. The minimum Gasteiger partial charge on any atom is -0.367 e. The van der Waals surface area contributed by atoms with E-state index >= 15 is 0 Å². The van der Waals surface area contributed by atoms with Gasteiger partial charge in [0.1, 0.15) is 5.82 Å². The molecule has 0 unspecified atom stereocenters. The fourth-order valence-corrected chi connectivity index (χ4v) is 1.94. The van der Waals surface area contributed by atoms with Crippen LogP contribution < -0.4 is 5.32 Å². The number of likely N-dealkylation sites (tertiary alicyclic amines) is 1. The standard InChI is InChI=1S/C12H16N4/c1-16-6-3-11(4-7-16)15-12-8-10(9-13)2-5-14-12/h2,5,8,11H,3-4,6-7H2,1H3,(H,14,15). The van der Waals surface area contributed by atoms with E-state index < -0.39 is 0 Å². The van der Waals surface area contributed by atoms with E-state index in [2.05, 4.69) is 28.3 Å². The molecule has 0 spiro atoms. The van der Waals surface area contributed by atoms with Gasteiger partial charge >= 0.3 is 0 Å². The Balaban J connectivity index is 1.96. The molecule has 0 atom stereocenters. The van der Waals surface area contributed by atoms with Crippen molar-refractivity contribution in [3.8, 4) is 6.07 Å². The molecule has 0 aromatic carbocycles. The van der Waals surface area contributed by atoms with Crippen molar-refractivity contribution >= 4 is 5.82 Å². The minimum absolute atomic E-state index is 0.484. The number of rotatable bonds is 2. The summed E-state index contributed by atoms with van der Waals surface area (Å²) in [5.41, 5.74) is 0.658. The summed E-state index contributed by atoms with van der Waals surface area (Å²) in [6.45, 7) is 2.24. The van der Waals surface area contributed by atoms with Gasteiger partial charge in [-0.1, -0.05) is 0 Å². The fraction of sp³-hybridized carbons (Fsp3) is 0.500. The Kier molecular flexibility index (Phi) is 3.37. The molecule has 0 amide bonds. The highest BCUT2D eigenvalue weighted by atomic mass is 15.1. The molecular weight excluding hydrogens is 200 g/mol. The molecule has 1 fully saturated rings. The van der Waals surface area contributed by atoms with Crippen LogP contribution in [-0.2, 0) is 0 Å². The van der Waals surface area contributed by atoms with Crippen LogP contribution in [0.5, 0.6) is 0 Å². The van der Waals surface area contributed by atoms with E-state index in [0.717, 1.165) is 31.7 Å². The van der Waals surface area contributed by atoms with E-state index in [-0.39, 0.29) is 0 Å². The molecule has 1 saturated heterocycles. The molecule has 84 valence electrons. The highest BCUT2D eigenvalue weighted by Gasteiger charge is 2.16. The second-order valence-electron chi connectivity index (χ2n) is 4.26. The van der Waals surface area contributed by atoms with Crippen LogP contribution >= 0.6 is 0 Å². The lowest BCUT2D eigenvalue weighted by molar-refractivity contribution is 0.263. The third-order valence-electron chi connectivity index (χ3n) is 2.96. The normalized spacial score (nSPS) is 18.0. The third-order valence-corrected chi connectivity index (χ3v) is 2.96. The molecule has 2 rings (SSSR count). The number of hydrogen-bond donors (Lipinski definition) is 1. The molecule has 2 heterocycles. The van der Waals surface area contributed by atoms with Crippen LogP contribution in [0.2, 0.25) is 0 Å². The van der Waals surface area contributed by atoms with Gasteiger partial charge in [0.05, 0.1) is 11.6 Å². The summed E-state index contributed by atoms with van der Waals surface area (Å²) in [7, 11) is 2.14.